The molecule has 106 valence electrons. The topological polar surface area (TPSA) is 68.6 Å². The Morgan fingerprint density at radius 1 is 1.14 bits per heavy atom. The molecule has 0 unspecified atom stereocenters. The van der Waals surface area contributed by atoms with E-state index in [1.54, 1.807) is 12.4 Å². The van der Waals surface area contributed by atoms with Crippen LogP contribution in [0.2, 0.25) is 0 Å². The molecule has 4 rings (SSSR count). The van der Waals surface area contributed by atoms with E-state index in [0.29, 0.717) is 16.4 Å². The smallest absolute Gasteiger partial charge is 0.169 e. The van der Waals surface area contributed by atoms with E-state index in [9.17, 15) is 4.79 Å². The molecule has 0 fully saturated rings. The van der Waals surface area contributed by atoms with Crippen LogP contribution in [0.1, 0.15) is 10.5 Å². The monoisotopic (exact) mass is 324 g/mol. The molecule has 0 atom stereocenters. The van der Waals surface area contributed by atoms with E-state index < -0.39 is 0 Å². The molecule has 5 nitrogen and oxygen atoms in total. The maximum Gasteiger partial charge on any atom is 0.169 e. The number of carbonyl (C=O) groups is 1. The van der Waals surface area contributed by atoms with Crippen molar-refractivity contribution in [2.45, 2.75) is 0 Å². The van der Waals surface area contributed by atoms with Crippen molar-refractivity contribution < 1.29 is 4.79 Å². The molecule has 0 aliphatic heterocycles. The highest BCUT2D eigenvalue weighted by Crippen LogP contribution is 2.32. The fourth-order valence-electron chi connectivity index (χ4n) is 2.12. The normalized spacial score (nSPS) is 10.9. The lowest BCUT2D eigenvalue weighted by atomic mass is 10.2. The zero-order valence-corrected chi connectivity index (χ0v) is 12.8. The van der Waals surface area contributed by atoms with Gasteiger partial charge >= 0.3 is 0 Å². The van der Waals surface area contributed by atoms with Crippen LogP contribution in [0.5, 0.6) is 0 Å². The standard InChI is InChI=1S/C15H8N4OS2/c20-8-12-13-9(3-5-21-13)6-11(17-12)15-19-18-14(22-15)10-2-1-4-16-7-10/h1-8H. The number of nitrogens with zero attached hydrogens (tertiary/aromatic N) is 4. The number of thiophene rings is 1. The summed E-state index contributed by atoms with van der Waals surface area (Å²) in [6.07, 6.45) is 4.25. The summed E-state index contributed by atoms with van der Waals surface area (Å²) in [7, 11) is 0. The van der Waals surface area contributed by atoms with Gasteiger partial charge in [0, 0.05) is 18.0 Å². The zero-order valence-electron chi connectivity index (χ0n) is 11.1. The van der Waals surface area contributed by atoms with Crippen molar-refractivity contribution in [3.8, 4) is 21.3 Å². The molecule has 0 aliphatic rings. The molecule has 0 aromatic carbocycles. The van der Waals surface area contributed by atoms with Crippen LogP contribution in [0, 0.1) is 0 Å². The number of aldehydes is 1. The Labute approximate surface area is 133 Å². The Kier molecular flexibility index (Phi) is 3.21. The highest BCUT2D eigenvalue weighted by molar-refractivity contribution is 7.18. The molecule has 0 amide bonds. The van der Waals surface area contributed by atoms with Crippen LogP contribution < -0.4 is 0 Å². The molecule has 7 heteroatoms. The highest BCUT2D eigenvalue weighted by atomic mass is 32.1. The third kappa shape index (κ3) is 2.20. The lowest BCUT2D eigenvalue weighted by Crippen LogP contribution is -1.90. The van der Waals surface area contributed by atoms with Gasteiger partial charge in [0.1, 0.15) is 16.4 Å². The first kappa shape index (κ1) is 13.2. The van der Waals surface area contributed by atoms with Crippen LogP contribution >= 0.6 is 22.7 Å². The van der Waals surface area contributed by atoms with E-state index >= 15 is 0 Å². The minimum absolute atomic E-state index is 0.445. The highest BCUT2D eigenvalue weighted by Gasteiger charge is 2.13. The summed E-state index contributed by atoms with van der Waals surface area (Å²) in [5, 5.41) is 12.8. The second kappa shape index (κ2) is 5.36. The molecule has 0 aliphatic carbocycles. The number of carbonyl (C=O) groups excluding carboxylic acids is 1. The number of rotatable bonds is 3. The van der Waals surface area contributed by atoms with Crippen LogP contribution in [-0.4, -0.2) is 26.5 Å². The number of pyridine rings is 2. The van der Waals surface area contributed by atoms with Gasteiger partial charge in [0.15, 0.2) is 11.3 Å². The van der Waals surface area contributed by atoms with Gasteiger partial charge in [-0.25, -0.2) is 4.98 Å². The first-order valence-corrected chi connectivity index (χ1v) is 8.12. The molecule has 4 aromatic rings. The molecular formula is C15H8N4OS2. The Morgan fingerprint density at radius 2 is 2.05 bits per heavy atom. The Bertz CT molecular complexity index is 962. The molecule has 22 heavy (non-hydrogen) atoms. The van der Waals surface area contributed by atoms with Crippen molar-refractivity contribution in [1.82, 2.24) is 20.2 Å². The van der Waals surface area contributed by atoms with Gasteiger partial charge in [-0.05, 0) is 35.0 Å². The summed E-state index contributed by atoms with van der Waals surface area (Å²) >= 11 is 2.94. The molecule has 4 aromatic heterocycles. The van der Waals surface area contributed by atoms with E-state index in [0.717, 1.165) is 26.9 Å². The SMILES string of the molecule is O=Cc1nc(-c2nnc(-c3cccnc3)s2)cc2ccsc12. The van der Waals surface area contributed by atoms with Crippen molar-refractivity contribution in [2.24, 2.45) is 0 Å². The maximum absolute atomic E-state index is 11.2. The van der Waals surface area contributed by atoms with Gasteiger partial charge in [0.25, 0.3) is 0 Å². The minimum atomic E-state index is 0.445. The number of fused-ring (bicyclic) bond motifs is 1. The average molecular weight is 324 g/mol. The largest absolute Gasteiger partial charge is 0.296 e. The number of aromatic nitrogens is 4. The fourth-order valence-corrected chi connectivity index (χ4v) is 3.75. The van der Waals surface area contributed by atoms with Gasteiger partial charge in [-0.2, -0.15) is 0 Å². The van der Waals surface area contributed by atoms with E-state index in [1.165, 1.54) is 22.7 Å². The van der Waals surface area contributed by atoms with Gasteiger partial charge in [-0.15, -0.1) is 21.5 Å². The fraction of sp³-hybridized carbons (Fsp3) is 0. The quantitative estimate of drug-likeness (QED) is 0.538. The zero-order chi connectivity index (χ0) is 14.9. The van der Waals surface area contributed by atoms with Crippen molar-refractivity contribution in [1.29, 1.82) is 0 Å². The first-order chi connectivity index (χ1) is 10.8. The predicted molar refractivity (Wildman–Crippen MR) is 87.1 cm³/mol. The molecule has 4 heterocycles. The molecule has 0 bridgehead atoms. The van der Waals surface area contributed by atoms with E-state index in [4.69, 9.17) is 0 Å². The number of hydrogen-bond donors (Lipinski definition) is 0. The van der Waals surface area contributed by atoms with Crippen LogP contribution in [0.4, 0.5) is 0 Å². The van der Waals surface area contributed by atoms with E-state index in [2.05, 4.69) is 20.2 Å². The Balaban J connectivity index is 1.82. The summed E-state index contributed by atoms with van der Waals surface area (Å²) < 4.78 is 0.899. The maximum atomic E-state index is 11.2. The average Bonchev–Trinajstić information content (AvgIpc) is 3.23. The summed E-state index contributed by atoms with van der Waals surface area (Å²) in [6, 6.07) is 7.70. The first-order valence-electron chi connectivity index (χ1n) is 6.43. The van der Waals surface area contributed by atoms with E-state index in [1.807, 2.05) is 29.6 Å². The van der Waals surface area contributed by atoms with Crippen molar-refractivity contribution in [2.75, 3.05) is 0 Å². The molecule has 0 N–H and O–H groups in total. The predicted octanol–water partition coefficient (Wildman–Crippen LogP) is 3.69. The Hall–Kier alpha value is -2.51. The van der Waals surface area contributed by atoms with Gasteiger partial charge in [-0.1, -0.05) is 11.3 Å². The van der Waals surface area contributed by atoms with Crippen molar-refractivity contribution in [3.05, 3.63) is 47.7 Å². The van der Waals surface area contributed by atoms with Crippen LogP contribution in [0.25, 0.3) is 31.4 Å². The summed E-state index contributed by atoms with van der Waals surface area (Å²) in [5.41, 5.74) is 2.03. The molecular weight excluding hydrogens is 316 g/mol. The van der Waals surface area contributed by atoms with Gasteiger partial charge in [0.2, 0.25) is 0 Å². The van der Waals surface area contributed by atoms with Gasteiger partial charge in [-0.3, -0.25) is 9.78 Å². The van der Waals surface area contributed by atoms with Crippen LogP contribution in [0.3, 0.4) is 0 Å². The lowest BCUT2D eigenvalue weighted by Gasteiger charge is -1.98. The number of hydrogen-bond acceptors (Lipinski definition) is 7. The Morgan fingerprint density at radius 3 is 2.86 bits per heavy atom. The van der Waals surface area contributed by atoms with Gasteiger partial charge in [0.05, 0.1) is 4.70 Å². The van der Waals surface area contributed by atoms with Crippen molar-refractivity contribution in [3.63, 3.8) is 0 Å². The second-order valence-electron chi connectivity index (χ2n) is 4.50. The van der Waals surface area contributed by atoms with Crippen LogP contribution in [0.15, 0.2) is 42.0 Å². The lowest BCUT2D eigenvalue weighted by molar-refractivity contribution is 0.112. The van der Waals surface area contributed by atoms with Crippen LogP contribution in [-0.2, 0) is 0 Å². The molecule has 0 saturated heterocycles. The third-order valence-corrected chi connectivity index (χ3v) is 5.07. The van der Waals surface area contributed by atoms with Crippen molar-refractivity contribution >= 4 is 39.0 Å². The minimum Gasteiger partial charge on any atom is -0.296 e. The summed E-state index contributed by atoms with van der Waals surface area (Å²) in [4.78, 5) is 19.7. The van der Waals surface area contributed by atoms with Gasteiger partial charge < -0.3 is 0 Å². The summed E-state index contributed by atoms with van der Waals surface area (Å²) in [5.74, 6) is 0. The summed E-state index contributed by atoms with van der Waals surface area (Å²) in [6.45, 7) is 0. The second-order valence-corrected chi connectivity index (χ2v) is 6.40. The van der Waals surface area contributed by atoms with E-state index in [-0.39, 0.29) is 0 Å². The third-order valence-electron chi connectivity index (χ3n) is 3.13. The molecule has 0 spiro atoms. The molecule has 0 radical (unpaired) electrons. The molecule has 0 saturated carbocycles.